The van der Waals surface area contributed by atoms with Crippen LogP contribution >= 0.6 is 15.9 Å². The molecule has 6 heteroatoms. The minimum Gasteiger partial charge on any atom is -0.493 e. The quantitative estimate of drug-likeness (QED) is 0.440. The average molecular weight is 391 g/mol. The van der Waals surface area contributed by atoms with Crippen molar-refractivity contribution in [3.8, 4) is 29.9 Å². The standard InChI is InChI=1S/C18H19BrN2O3/c1-5-7-24-17-15(19)9-13(10-16(17)23-4)8-14(11-20)18(22)21-12(3)6-2/h1,8-10,12H,6-7H2,2-4H3,(H,21,22)/b14-8+/t12-/m1/s1. The van der Waals surface area contributed by atoms with E-state index in [4.69, 9.17) is 15.9 Å². The molecule has 0 unspecified atom stereocenters. The Kier molecular flexibility index (Phi) is 7.88. The van der Waals surface area contributed by atoms with E-state index in [1.165, 1.54) is 13.2 Å². The number of terminal acetylenes is 1. The zero-order valence-corrected chi connectivity index (χ0v) is 15.4. The Bertz CT molecular complexity index is 714. The van der Waals surface area contributed by atoms with Gasteiger partial charge in [-0.15, -0.1) is 6.42 Å². The summed E-state index contributed by atoms with van der Waals surface area (Å²) in [5.41, 5.74) is 0.643. The largest absolute Gasteiger partial charge is 0.493 e. The van der Waals surface area contributed by atoms with Gasteiger partial charge in [-0.1, -0.05) is 12.8 Å². The Balaban J connectivity index is 3.17. The second-order valence-corrected chi connectivity index (χ2v) is 5.83. The van der Waals surface area contributed by atoms with E-state index >= 15 is 0 Å². The molecule has 0 bridgehead atoms. The maximum atomic E-state index is 12.1. The Morgan fingerprint density at radius 3 is 2.79 bits per heavy atom. The minimum atomic E-state index is -0.408. The number of hydrogen-bond acceptors (Lipinski definition) is 4. The number of halogens is 1. The van der Waals surface area contributed by atoms with E-state index in [1.807, 2.05) is 19.9 Å². The van der Waals surface area contributed by atoms with Gasteiger partial charge in [-0.05, 0) is 53.0 Å². The maximum absolute atomic E-state index is 12.1. The van der Waals surface area contributed by atoms with Crippen LogP contribution in [0.4, 0.5) is 0 Å². The molecule has 0 fully saturated rings. The molecule has 0 aliphatic rings. The van der Waals surface area contributed by atoms with Crippen molar-refractivity contribution in [2.75, 3.05) is 13.7 Å². The van der Waals surface area contributed by atoms with Gasteiger partial charge in [0.1, 0.15) is 18.2 Å². The Morgan fingerprint density at radius 1 is 1.54 bits per heavy atom. The highest BCUT2D eigenvalue weighted by molar-refractivity contribution is 9.10. The topological polar surface area (TPSA) is 71.3 Å². The average Bonchev–Trinajstić information content (AvgIpc) is 2.57. The number of methoxy groups -OCH3 is 1. The summed E-state index contributed by atoms with van der Waals surface area (Å²) in [5, 5.41) is 12.0. The van der Waals surface area contributed by atoms with Gasteiger partial charge < -0.3 is 14.8 Å². The molecule has 0 spiro atoms. The van der Waals surface area contributed by atoms with Crippen LogP contribution in [0.15, 0.2) is 22.2 Å². The zero-order valence-electron chi connectivity index (χ0n) is 13.9. The number of nitrogens with zero attached hydrogens (tertiary/aromatic N) is 1. The van der Waals surface area contributed by atoms with E-state index in [-0.39, 0.29) is 18.2 Å². The molecule has 5 nitrogen and oxygen atoms in total. The van der Waals surface area contributed by atoms with E-state index in [2.05, 4.69) is 27.2 Å². The Hall–Kier alpha value is -2.44. The maximum Gasteiger partial charge on any atom is 0.262 e. The summed E-state index contributed by atoms with van der Waals surface area (Å²) in [4.78, 5) is 12.1. The van der Waals surface area contributed by atoms with E-state index in [0.29, 0.717) is 21.5 Å². The number of nitriles is 1. The molecule has 1 aromatic carbocycles. The third-order valence-corrected chi connectivity index (χ3v) is 3.81. The lowest BCUT2D eigenvalue weighted by atomic mass is 10.1. The first-order valence-electron chi connectivity index (χ1n) is 7.33. The van der Waals surface area contributed by atoms with Crippen LogP contribution in [0.25, 0.3) is 6.08 Å². The summed E-state index contributed by atoms with van der Waals surface area (Å²) in [6.45, 7) is 3.94. The smallest absolute Gasteiger partial charge is 0.262 e. The van der Waals surface area contributed by atoms with Crippen LogP contribution < -0.4 is 14.8 Å². The molecule has 24 heavy (non-hydrogen) atoms. The number of benzene rings is 1. The van der Waals surface area contributed by atoms with E-state index in [9.17, 15) is 10.1 Å². The van der Waals surface area contributed by atoms with E-state index < -0.39 is 5.91 Å². The van der Waals surface area contributed by atoms with Crippen molar-refractivity contribution in [1.82, 2.24) is 5.32 Å². The summed E-state index contributed by atoms with van der Waals surface area (Å²) in [6, 6.07) is 5.31. The number of carbonyl (C=O) groups excluding carboxylic acids is 1. The van der Waals surface area contributed by atoms with Gasteiger partial charge in [0.05, 0.1) is 11.6 Å². The zero-order chi connectivity index (χ0) is 18.1. The van der Waals surface area contributed by atoms with Gasteiger partial charge in [0, 0.05) is 6.04 Å². The predicted molar refractivity (Wildman–Crippen MR) is 96.5 cm³/mol. The summed E-state index contributed by atoms with van der Waals surface area (Å²) in [5.74, 6) is 2.89. The monoisotopic (exact) mass is 390 g/mol. The first-order valence-corrected chi connectivity index (χ1v) is 8.12. The van der Waals surface area contributed by atoms with Crippen molar-refractivity contribution in [2.24, 2.45) is 0 Å². The first kappa shape index (κ1) is 19.6. The summed E-state index contributed by atoms with van der Waals surface area (Å²) in [6.07, 6.45) is 7.47. The third-order valence-electron chi connectivity index (χ3n) is 3.22. The lowest BCUT2D eigenvalue weighted by Crippen LogP contribution is -2.32. The molecule has 0 saturated heterocycles. The molecule has 0 radical (unpaired) electrons. The van der Waals surface area contributed by atoms with Crippen LogP contribution in [-0.4, -0.2) is 25.7 Å². The molecule has 1 rings (SSSR count). The molecule has 126 valence electrons. The minimum absolute atomic E-state index is 0.00457. The fourth-order valence-electron chi connectivity index (χ4n) is 1.80. The van der Waals surface area contributed by atoms with Crippen LogP contribution in [0.1, 0.15) is 25.8 Å². The third kappa shape index (κ3) is 5.33. The molecule has 1 amide bonds. The second-order valence-electron chi connectivity index (χ2n) is 4.98. The van der Waals surface area contributed by atoms with Gasteiger partial charge >= 0.3 is 0 Å². The van der Waals surface area contributed by atoms with Crippen molar-refractivity contribution in [3.63, 3.8) is 0 Å². The molecule has 0 heterocycles. The number of nitrogens with one attached hydrogen (secondary N) is 1. The molecular weight excluding hydrogens is 372 g/mol. The van der Waals surface area contributed by atoms with Crippen LogP contribution in [-0.2, 0) is 4.79 Å². The summed E-state index contributed by atoms with van der Waals surface area (Å²) >= 11 is 3.38. The molecule has 0 aliphatic heterocycles. The van der Waals surface area contributed by atoms with Gasteiger partial charge in [-0.25, -0.2) is 0 Å². The molecule has 0 saturated carbocycles. The number of carbonyl (C=O) groups is 1. The lowest BCUT2D eigenvalue weighted by molar-refractivity contribution is -0.117. The Labute approximate surface area is 150 Å². The first-order chi connectivity index (χ1) is 11.5. The van der Waals surface area contributed by atoms with Gasteiger partial charge in [0.2, 0.25) is 0 Å². The summed E-state index contributed by atoms with van der Waals surface area (Å²) in [7, 11) is 1.50. The second kappa shape index (κ2) is 9.64. The normalized spacial score (nSPS) is 11.8. The van der Waals surface area contributed by atoms with Crippen LogP contribution in [0, 0.1) is 23.7 Å². The highest BCUT2D eigenvalue weighted by atomic mass is 79.9. The lowest BCUT2D eigenvalue weighted by Gasteiger charge is -2.13. The van der Waals surface area contributed by atoms with Crippen molar-refractivity contribution < 1.29 is 14.3 Å². The van der Waals surface area contributed by atoms with Crippen molar-refractivity contribution in [1.29, 1.82) is 5.26 Å². The predicted octanol–water partition coefficient (Wildman–Crippen LogP) is 3.29. The van der Waals surface area contributed by atoms with Gasteiger partial charge in [0.15, 0.2) is 11.5 Å². The van der Waals surface area contributed by atoms with Crippen molar-refractivity contribution in [2.45, 2.75) is 26.3 Å². The number of ether oxygens (including phenoxy) is 2. The summed E-state index contributed by atoms with van der Waals surface area (Å²) < 4.78 is 11.3. The Morgan fingerprint density at radius 2 is 2.25 bits per heavy atom. The van der Waals surface area contributed by atoms with Crippen LogP contribution in [0.3, 0.4) is 0 Å². The van der Waals surface area contributed by atoms with Gasteiger partial charge in [-0.2, -0.15) is 5.26 Å². The van der Waals surface area contributed by atoms with Gasteiger partial charge in [-0.3, -0.25) is 4.79 Å². The highest BCUT2D eigenvalue weighted by Gasteiger charge is 2.14. The molecule has 0 aliphatic carbocycles. The molecule has 1 aromatic rings. The fraction of sp³-hybridized carbons (Fsp3) is 0.333. The van der Waals surface area contributed by atoms with E-state index in [0.717, 1.165) is 6.42 Å². The van der Waals surface area contributed by atoms with Crippen molar-refractivity contribution >= 4 is 27.9 Å². The van der Waals surface area contributed by atoms with Crippen LogP contribution in [0.2, 0.25) is 0 Å². The molecule has 0 aromatic heterocycles. The number of amides is 1. The van der Waals surface area contributed by atoms with Crippen LogP contribution in [0.5, 0.6) is 11.5 Å². The number of rotatable bonds is 7. The van der Waals surface area contributed by atoms with Gasteiger partial charge in [0.25, 0.3) is 5.91 Å². The van der Waals surface area contributed by atoms with Crippen molar-refractivity contribution in [3.05, 3.63) is 27.7 Å². The molecular formula is C18H19BrN2O3. The highest BCUT2D eigenvalue weighted by Crippen LogP contribution is 2.37. The number of hydrogen-bond donors (Lipinski definition) is 1. The SMILES string of the molecule is C#CCOc1c(Br)cc(/C=C(\C#N)C(=O)N[C@H](C)CC)cc1OC. The molecule has 1 N–H and O–H groups in total. The fourth-order valence-corrected chi connectivity index (χ4v) is 2.37. The van der Waals surface area contributed by atoms with E-state index in [1.54, 1.807) is 12.1 Å². The molecule has 1 atom stereocenters.